The van der Waals surface area contributed by atoms with E-state index in [0.29, 0.717) is 0 Å². The third-order valence-electron chi connectivity index (χ3n) is 23.4. The molecule has 4 N–H and O–H groups in total. The van der Waals surface area contributed by atoms with Gasteiger partial charge in [-0.15, -0.1) is 0 Å². The van der Waals surface area contributed by atoms with Crippen LogP contribution in [0.25, 0.3) is 0 Å². The zero-order valence-electron chi connectivity index (χ0n) is 73.7. The zero-order chi connectivity index (χ0) is 79.8. The first-order valence-electron chi connectivity index (χ1n) is 40.7. The van der Waals surface area contributed by atoms with Crippen LogP contribution in [0.4, 0.5) is 0 Å². The minimum absolute atomic E-state index is 0.121. The number of carbonyl (C=O) groups is 1. The van der Waals surface area contributed by atoms with Gasteiger partial charge in [-0.1, -0.05) is 6.92 Å². The molecule has 0 radical (unpaired) electrons. The Balaban J connectivity index is 0.000000401. The monoisotopic (exact) mass is 1500 g/mol. The number of hydrogen-bond donors (Lipinski definition) is 3. The van der Waals surface area contributed by atoms with Crippen molar-refractivity contribution in [3.63, 3.8) is 0 Å². The SMILES string of the molecule is CC(N1CCCC1)=[N+]1CCC1.CC1=[N+](C)CC(C)CN1C.CC1=[N+](C)CCCN1C.CC1=[N+](C)CCCN1CC(=O)O.CC1=[N+](C)CCCN1CCN.CC1=[N+](C)CCCN1CCN(C)C.CC1=[N+](C)CCCN1CCO.CC1=[N+](C)CCN1C.CCN1CC[N+](C)=C1C.COCCN1CCC[N+](C)=C1C. The molecule has 11 rings (SSSR count). The van der Waals surface area contributed by atoms with Crippen LogP contribution in [0.5, 0.6) is 0 Å². The average Bonchev–Trinajstić information content (AvgIpc) is 1.67. The molecule has 106 heavy (non-hydrogen) atoms. The second-order valence-corrected chi connectivity index (χ2v) is 31.4. The van der Waals surface area contributed by atoms with Crippen molar-refractivity contribution in [1.29, 1.82) is 0 Å². The van der Waals surface area contributed by atoms with Crippen molar-refractivity contribution in [3.8, 4) is 0 Å². The molecule has 26 nitrogen and oxygen atoms in total. The van der Waals surface area contributed by atoms with E-state index in [1.807, 2.05) is 18.9 Å². The Kier molecular flexibility index (Phi) is 47.3. The highest BCUT2D eigenvalue weighted by Crippen LogP contribution is 2.12. The summed E-state index contributed by atoms with van der Waals surface area (Å²) in [7, 11) is 31.5. The van der Waals surface area contributed by atoms with Gasteiger partial charge in [0.2, 0.25) is 58.4 Å². The summed E-state index contributed by atoms with van der Waals surface area (Å²) in [6.45, 7) is 60.3. The van der Waals surface area contributed by atoms with E-state index in [0.717, 1.165) is 96.8 Å². The molecule has 612 valence electrons. The number of nitrogens with zero attached hydrogens (tertiary/aromatic N) is 21. The molecule has 11 aliphatic rings. The third-order valence-corrected chi connectivity index (χ3v) is 23.4. The minimum atomic E-state index is -0.760. The van der Waals surface area contributed by atoms with Crippen molar-refractivity contribution in [1.82, 2.24) is 53.9 Å². The highest BCUT2D eigenvalue weighted by Gasteiger charge is 2.29. The summed E-state index contributed by atoms with van der Waals surface area (Å²) in [5.41, 5.74) is 5.49. The number of likely N-dealkylation sites (tertiary alicyclic amines) is 1. The second kappa shape index (κ2) is 52.2. The van der Waals surface area contributed by atoms with Gasteiger partial charge in [0.25, 0.3) is 0 Å². The average molecular weight is 1500 g/mol. The molecule has 11 aliphatic heterocycles. The number of hydrogen-bond acceptors (Lipinski definition) is 14. The van der Waals surface area contributed by atoms with E-state index in [1.165, 1.54) is 222 Å². The quantitative estimate of drug-likeness (QED) is 0.182. The predicted molar refractivity (Wildman–Crippen MR) is 446 cm³/mol. The van der Waals surface area contributed by atoms with Crippen LogP contribution in [0.2, 0.25) is 0 Å². The summed E-state index contributed by atoms with van der Waals surface area (Å²) in [4.78, 5) is 35.8. The first-order chi connectivity index (χ1) is 50.1. The maximum Gasteiger partial charge on any atom is 0.345 e. The molecule has 0 aliphatic carbocycles. The number of aliphatic hydroxyl groups excluding tert-OH is 1. The maximum absolute atomic E-state index is 10.4. The summed E-state index contributed by atoms with van der Waals surface area (Å²) in [6.07, 6.45) is 11.5. The van der Waals surface area contributed by atoms with Crippen LogP contribution in [0.3, 0.4) is 0 Å². The van der Waals surface area contributed by atoms with Crippen LogP contribution in [0, 0.1) is 5.92 Å². The van der Waals surface area contributed by atoms with Gasteiger partial charge < -0.3 is 25.6 Å². The number of amidine groups is 10. The second-order valence-electron chi connectivity index (χ2n) is 31.4. The van der Waals surface area contributed by atoms with Gasteiger partial charge in [-0.25, -0.2) is 4.79 Å². The minimum Gasteiger partial charge on any atom is -0.478 e. The molecule has 0 aromatic rings. The largest absolute Gasteiger partial charge is 0.478 e. The highest BCUT2D eigenvalue weighted by molar-refractivity contribution is 5.81. The van der Waals surface area contributed by atoms with Crippen LogP contribution in [0.1, 0.15) is 141 Å². The molecule has 0 aromatic heterocycles. The Morgan fingerprint density at radius 3 is 1.15 bits per heavy atom. The van der Waals surface area contributed by atoms with Gasteiger partial charge in [-0.05, 0) is 33.9 Å². The first-order valence-corrected chi connectivity index (χ1v) is 40.7. The molecule has 0 bridgehead atoms. The Morgan fingerprint density at radius 2 is 0.821 bits per heavy atom. The number of carboxylic acid groups (broad SMARTS) is 1. The number of carboxylic acids is 1. The molecule has 2 saturated heterocycles. The van der Waals surface area contributed by atoms with E-state index < -0.39 is 5.97 Å². The number of methoxy groups -OCH3 is 1. The smallest absolute Gasteiger partial charge is 0.345 e. The lowest BCUT2D eigenvalue weighted by Gasteiger charge is -2.24. The van der Waals surface area contributed by atoms with Crippen LogP contribution in [-0.2, 0) is 9.53 Å². The molecular weight excluding hydrogens is 1330 g/mol. The molecule has 1 atom stereocenters. The van der Waals surface area contributed by atoms with E-state index in [9.17, 15) is 4.79 Å². The van der Waals surface area contributed by atoms with Gasteiger partial charge in [-0.3, -0.25) is 94.8 Å². The zero-order valence-corrected chi connectivity index (χ0v) is 73.7. The Labute approximate surface area is 648 Å². The van der Waals surface area contributed by atoms with Gasteiger partial charge >= 0.3 is 5.97 Å². The summed E-state index contributed by atoms with van der Waals surface area (Å²) in [6, 6.07) is 0. The van der Waals surface area contributed by atoms with Crippen LogP contribution in [-0.4, -0.2) is 490 Å². The van der Waals surface area contributed by atoms with Crippen LogP contribution >= 0.6 is 0 Å². The van der Waals surface area contributed by atoms with Gasteiger partial charge in [0, 0.05) is 140 Å². The molecule has 2 fully saturated rings. The van der Waals surface area contributed by atoms with Gasteiger partial charge in [0.05, 0.1) is 235 Å². The van der Waals surface area contributed by atoms with Crippen molar-refractivity contribution in [3.05, 3.63) is 0 Å². The van der Waals surface area contributed by atoms with Crippen molar-refractivity contribution in [2.24, 2.45) is 11.7 Å². The number of likely N-dealkylation sites (N-methyl/N-ethyl adjacent to an activating group) is 5. The highest BCUT2D eigenvalue weighted by atomic mass is 16.5. The van der Waals surface area contributed by atoms with Gasteiger partial charge in [0.15, 0.2) is 6.54 Å². The summed E-state index contributed by atoms with van der Waals surface area (Å²) >= 11 is 0. The van der Waals surface area contributed by atoms with Crippen molar-refractivity contribution < 1.29 is 65.5 Å². The summed E-state index contributed by atoms with van der Waals surface area (Å²) in [5.74, 6) is 13.6. The molecule has 0 aromatic carbocycles. The van der Waals surface area contributed by atoms with E-state index in [2.05, 4.69) is 263 Å². The number of aliphatic carboxylic acids is 1. The molecular formula is C80H168N22O4+10. The lowest BCUT2D eigenvalue weighted by molar-refractivity contribution is -0.587. The van der Waals surface area contributed by atoms with E-state index in [4.69, 9.17) is 20.7 Å². The molecule has 0 saturated carbocycles. The van der Waals surface area contributed by atoms with Crippen LogP contribution < -0.4 is 5.73 Å². The fourth-order valence-electron chi connectivity index (χ4n) is 14.3. The van der Waals surface area contributed by atoms with Crippen molar-refractivity contribution >= 4 is 64.3 Å². The summed E-state index contributed by atoms with van der Waals surface area (Å²) in [5, 5.41) is 17.3. The Bertz CT molecular complexity index is 2910. The number of aliphatic hydroxyl groups is 1. The van der Waals surface area contributed by atoms with Crippen molar-refractivity contribution in [2.45, 2.75) is 141 Å². The van der Waals surface area contributed by atoms with E-state index in [1.54, 1.807) is 7.11 Å². The van der Waals surface area contributed by atoms with Gasteiger partial charge in [-0.2, -0.15) is 0 Å². The molecule has 0 spiro atoms. The Morgan fingerprint density at radius 1 is 0.453 bits per heavy atom. The lowest BCUT2D eigenvalue weighted by Crippen LogP contribution is -2.44. The predicted octanol–water partition coefficient (Wildman–Crippen LogP) is 2.31. The fraction of sp³-hybridized carbons (Fsp3) is 0.863. The fourth-order valence-corrected chi connectivity index (χ4v) is 14.3. The molecule has 11 heterocycles. The topological polar surface area (TPSA) is 159 Å². The number of ether oxygens (including phenoxy) is 1. The van der Waals surface area contributed by atoms with Crippen LogP contribution in [0.15, 0.2) is 0 Å². The lowest BCUT2D eigenvalue weighted by atomic mass is 10.1. The Hall–Kier alpha value is -5.99. The van der Waals surface area contributed by atoms with E-state index >= 15 is 0 Å². The molecule has 1 unspecified atom stereocenters. The number of nitrogens with two attached hydrogens (primary N) is 1. The standard InChI is InChI=1S/C10H22N3.C9H19N2O.C9H17N2.C8H18N3.C8H14N2O2.C8H17N2O.C8H17N2.2C7H15N2.C6H13N2/c1-10-12(4)6-5-7-13(10)9-8-11(2)3;1-9-10(2)5-4-6-11(9)7-8-12-3;1-9(11-7-4-8-11)10-5-2-3-6-10;1-8-10(2)5-3-6-11(8)7-4-9;1-7-9(2)4-3-5-10(7)6-8(11)12;1-8-9(2)4-3-5-10(8)6-7-11;1-7-5-9(3)8(2)10(4)6-7;1-7-8(2)5-4-6-9(7)3;1-4-9-6-5-8(3)7(9)2;1-6-7(2)4-5-8(6)3/h5-9H2,1-4H3;4-8H2,1-3H3;2-8H2,1H3;3-7,9H2,1-2H3;3-6H2,1-2H3;11H,3-7H2,1-2H3;7H,5-6H2,1-4H3;2*4-6H2,1-3H3;4-5H2,1-3H3/q4*+1;;5*+1/p+1. The molecule has 26 heteroatoms. The van der Waals surface area contributed by atoms with Crippen molar-refractivity contribution in [2.75, 3.05) is 315 Å². The first kappa shape index (κ1) is 96.1. The normalized spacial score (nSPS) is 20.6. The third kappa shape index (κ3) is 35.1. The number of β-amino-alcohol motifs (C(OH)–C–C–N with tert-alkyl or cyclic N) is 1. The van der Waals surface area contributed by atoms with Gasteiger partial charge in [0.1, 0.15) is 39.3 Å². The maximum atomic E-state index is 10.4. The summed E-state index contributed by atoms with van der Waals surface area (Å²) < 4.78 is 28.0. The number of rotatable bonds is 13. The molecule has 0 amide bonds. The van der Waals surface area contributed by atoms with E-state index in [-0.39, 0.29) is 13.2 Å².